The van der Waals surface area contributed by atoms with Crippen molar-refractivity contribution in [2.24, 2.45) is 5.73 Å². The number of nitrogens with two attached hydrogens (primary N) is 1. The Labute approximate surface area is 116 Å². The third-order valence-corrected chi connectivity index (χ3v) is 4.16. The fraction of sp³-hybridized carbons (Fsp3) is 0.625. The summed E-state index contributed by atoms with van der Waals surface area (Å²) in [5.74, 6) is 0.901. The summed E-state index contributed by atoms with van der Waals surface area (Å²) in [6, 6.07) is 8.43. The molecule has 2 N–H and O–H groups in total. The summed E-state index contributed by atoms with van der Waals surface area (Å²) in [4.78, 5) is 0. The van der Waals surface area contributed by atoms with Gasteiger partial charge in [-0.2, -0.15) is 0 Å². The Bertz CT molecular complexity index is 409. The molecule has 0 unspecified atom stereocenters. The lowest BCUT2D eigenvalue weighted by molar-refractivity contribution is -0.0836. The molecule has 0 bridgehead atoms. The predicted octanol–water partition coefficient (Wildman–Crippen LogP) is 2.87. The Hall–Kier alpha value is -1.06. The molecule has 106 valence electrons. The Kier molecular flexibility index (Phi) is 4.16. The Balaban J connectivity index is 2.32. The molecule has 0 amide bonds. The summed E-state index contributed by atoms with van der Waals surface area (Å²) in [5.41, 5.74) is 7.28. The third-order valence-electron chi connectivity index (χ3n) is 4.16. The molecule has 3 heteroatoms. The molecule has 1 saturated heterocycles. The maximum Gasteiger partial charge on any atom is 0.118 e. The van der Waals surface area contributed by atoms with E-state index in [9.17, 15) is 0 Å². The summed E-state index contributed by atoms with van der Waals surface area (Å²) in [5, 5.41) is 0. The van der Waals surface area contributed by atoms with Crippen LogP contribution in [0.4, 0.5) is 0 Å². The van der Waals surface area contributed by atoms with E-state index >= 15 is 0 Å². The highest BCUT2D eigenvalue weighted by molar-refractivity contribution is 5.33. The van der Waals surface area contributed by atoms with Crippen LogP contribution in [-0.2, 0) is 10.2 Å². The number of methoxy groups -OCH3 is 1. The van der Waals surface area contributed by atoms with Crippen LogP contribution in [0.5, 0.6) is 5.75 Å². The maximum absolute atomic E-state index is 5.87. The minimum Gasteiger partial charge on any atom is -0.497 e. The first-order valence-electron chi connectivity index (χ1n) is 7.00. The Morgan fingerprint density at radius 2 is 1.95 bits per heavy atom. The van der Waals surface area contributed by atoms with E-state index in [1.165, 1.54) is 5.56 Å². The molecule has 0 radical (unpaired) electrons. The molecule has 1 aliphatic heterocycles. The van der Waals surface area contributed by atoms with E-state index in [2.05, 4.69) is 26.0 Å². The van der Waals surface area contributed by atoms with E-state index in [1.54, 1.807) is 7.11 Å². The molecule has 0 spiro atoms. The average molecular weight is 263 g/mol. The van der Waals surface area contributed by atoms with E-state index < -0.39 is 0 Å². The van der Waals surface area contributed by atoms with Gasteiger partial charge in [-0.25, -0.2) is 0 Å². The Morgan fingerprint density at radius 3 is 2.47 bits per heavy atom. The average Bonchev–Trinajstić information content (AvgIpc) is 2.38. The lowest BCUT2D eigenvalue weighted by Gasteiger charge is -2.45. The zero-order chi connectivity index (χ0) is 13.9. The van der Waals surface area contributed by atoms with Gasteiger partial charge in [0, 0.05) is 12.0 Å². The molecule has 1 heterocycles. The fourth-order valence-corrected chi connectivity index (χ4v) is 3.30. The molecule has 2 rings (SSSR count). The highest BCUT2D eigenvalue weighted by Crippen LogP contribution is 2.44. The zero-order valence-corrected chi connectivity index (χ0v) is 12.2. The number of rotatable bonds is 4. The van der Waals surface area contributed by atoms with E-state index in [4.69, 9.17) is 15.2 Å². The molecule has 1 fully saturated rings. The van der Waals surface area contributed by atoms with Gasteiger partial charge >= 0.3 is 0 Å². The van der Waals surface area contributed by atoms with Gasteiger partial charge in [0.2, 0.25) is 0 Å². The van der Waals surface area contributed by atoms with Gasteiger partial charge in [-0.1, -0.05) is 12.1 Å². The number of hydrogen-bond acceptors (Lipinski definition) is 3. The first kappa shape index (κ1) is 14.4. The normalized spacial score (nSPS) is 26.1. The zero-order valence-electron chi connectivity index (χ0n) is 12.2. The van der Waals surface area contributed by atoms with Crippen LogP contribution in [0.3, 0.4) is 0 Å². The second kappa shape index (κ2) is 5.51. The number of hydrogen-bond donors (Lipinski definition) is 1. The highest BCUT2D eigenvalue weighted by atomic mass is 16.5. The minimum atomic E-state index is -0.0760. The smallest absolute Gasteiger partial charge is 0.118 e. The van der Waals surface area contributed by atoms with Crippen molar-refractivity contribution in [3.05, 3.63) is 29.8 Å². The van der Waals surface area contributed by atoms with Gasteiger partial charge in [-0.05, 0) is 57.4 Å². The van der Waals surface area contributed by atoms with E-state index in [0.29, 0.717) is 6.54 Å². The summed E-state index contributed by atoms with van der Waals surface area (Å²) in [7, 11) is 1.70. The largest absolute Gasteiger partial charge is 0.497 e. The van der Waals surface area contributed by atoms with Crippen molar-refractivity contribution in [3.63, 3.8) is 0 Å². The van der Waals surface area contributed by atoms with Gasteiger partial charge in [0.05, 0.1) is 12.7 Å². The second-order valence-electron chi connectivity index (χ2n) is 6.08. The van der Waals surface area contributed by atoms with Crippen LogP contribution in [0.2, 0.25) is 0 Å². The van der Waals surface area contributed by atoms with E-state index in [1.807, 2.05) is 12.1 Å². The van der Waals surface area contributed by atoms with Gasteiger partial charge in [0.25, 0.3) is 0 Å². The molecular formula is C16H25NO2. The van der Waals surface area contributed by atoms with Gasteiger partial charge < -0.3 is 15.2 Å². The van der Waals surface area contributed by atoms with Crippen molar-refractivity contribution in [3.8, 4) is 5.75 Å². The molecule has 1 atom stereocenters. The van der Waals surface area contributed by atoms with Gasteiger partial charge in [-0.3, -0.25) is 0 Å². The van der Waals surface area contributed by atoms with Crippen molar-refractivity contribution in [1.29, 1.82) is 0 Å². The molecule has 0 aromatic heterocycles. The standard InChI is InChI=1S/C16H25NO2/c1-15(2)12-16(8-10-17,9-11-19-15)13-4-6-14(18-3)7-5-13/h4-7H,8-12,17H2,1-3H3/t16-/m0/s1. The van der Waals surface area contributed by atoms with Gasteiger partial charge in [0.15, 0.2) is 0 Å². The maximum atomic E-state index is 5.87. The monoisotopic (exact) mass is 263 g/mol. The van der Waals surface area contributed by atoms with Crippen molar-refractivity contribution >= 4 is 0 Å². The van der Waals surface area contributed by atoms with Crippen LogP contribution in [-0.4, -0.2) is 25.9 Å². The van der Waals surface area contributed by atoms with Crippen LogP contribution in [0.1, 0.15) is 38.7 Å². The van der Waals surface area contributed by atoms with Gasteiger partial charge in [0.1, 0.15) is 5.75 Å². The SMILES string of the molecule is COc1ccc([C@@]2(CCN)CCOC(C)(C)C2)cc1. The topological polar surface area (TPSA) is 44.5 Å². The summed E-state index contributed by atoms with van der Waals surface area (Å²) in [6.45, 7) is 5.85. The Morgan fingerprint density at radius 1 is 1.26 bits per heavy atom. The molecule has 0 aliphatic carbocycles. The molecule has 1 aromatic rings. The summed E-state index contributed by atoms with van der Waals surface area (Å²) >= 11 is 0. The quantitative estimate of drug-likeness (QED) is 0.908. The first-order chi connectivity index (χ1) is 9.01. The molecule has 19 heavy (non-hydrogen) atoms. The lowest BCUT2D eigenvalue weighted by Crippen LogP contribution is -2.45. The fourth-order valence-electron chi connectivity index (χ4n) is 3.30. The summed E-state index contributed by atoms with van der Waals surface area (Å²) in [6.07, 6.45) is 3.07. The number of benzene rings is 1. The molecule has 1 aromatic carbocycles. The molecular weight excluding hydrogens is 238 g/mol. The van der Waals surface area contributed by atoms with Crippen LogP contribution in [0.15, 0.2) is 24.3 Å². The molecule has 1 aliphatic rings. The number of ether oxygens (including phenoxy) is 2. The molecule has 3 nitrogen and oxygen atoms in total. The van der Waals surface area contributed by atoms with Crippen LogP contribution in [0, 0.1) is 0 Å². The second-order valence-corrected chi connectivity index (χ2v) is 6.08. The first-order valence-corrected chi connectivity index (χ1v) is 7.00. The minimum absolute atomic E-state index is 0.0760. The van der Waals surface area contributed by atoms with Crippen LogP contribution < -0.4 is 10.5 Å². The van der Waals surface area contributed by atoms with Crippen molar-refractivity contribution in [2.45, 2.75) is 44.1 Å². The summed E-state index contributed by atoms with van der Waals surface area (Å²) < 4.78 is 11.1. The van der Waals surface area contributed by atoms with E-state index in [-0.39, 0.29) is 11.0 Å². The van der Waals surface area contributed by atoms with Crippen molar-refractivity contribution in [2.75, 3.05) is 20.3 Å². The molecule has 0 saturated carbocycles. The lowest BCUT2D eigenvalue weighted by atomic mass is 9.67. The van der Waals surface area contributed by atoms with Crippen molar-refractivity contribution in [1.82, 2.24) is 0 Å². The van der Waals surface area contributed by atoms with Crippen LogP contribution in [0.25, 0.3) is 0 Å². The van der Waals surface area contributed by atoms with Gasteiger partial charge in [-0.15, -0.1) is 0 Å². The third kappa shape index (κ3) is 3.10. The van der Waals surface area contributed by atoms with E-state index in [0.717, 1.165) is 31.6 Å². The van der Waals surface area contributed by atoms with Crippen molar-refractivity contribution < 1.29 is 9.47 Å². The highest BCUT2D eigenvalue weighted by Gasteiger charge is 2.41. The predicted molar refractivity (Wildman–Crippen MR) is 77.6 cm³/mol. The van der Waals surface area contributed by atoms with Crippen LogP contribution >= 0.6 is 0 Å².